The standard InChI is InChI=1S/C16H24N4O4/c1-16(2,3)13-10(5-4-6-24-13)8-18-15-12(14(17)21)7-11(9-19-15)20(22)23/h7,9-10,13H,4-6,8H2,1-3H3,(H2,17,21)(H,18,19). The van der Waals surface area contributed by atoms with E-state index in [1.54, 1.807) is 0 Å². The van der Waals surface area contributed by atoms with Crippen LogP contribution in [-0.2, 0) is 4.74 Å². The zero-order valence-corrected chi connectivity index (χ0v) is 14.2. The van der Waals surface area contributed by atoms with Gasteiger partial charge in [-0.25, -0.2) is 4.98 Å². The molecule has 1 aliphatic heterocycles. The van der Waals surface area contributed by atoms with Crippen LogP contribution in [0.4, 0.5) is 11.5 Å². The van der Waals surface area contributed by atoms with Crippen molar-refractivity contribution in [1.82, 2.24) is 4.98 Å². The van der Waals surface area contributed by atoms with Crippen molar-refractivity contribution in [2.24, 2.45) is 17.1 Å². The highest BCUT2D eigenvalue weighted by molar-refractivity contribution is 5.98. The molecule has 24 heavy (non-hydrogen) atoms. The Balaban J connectivity index is 2.15. The van der Waals surface area contributed by atoms with Gasteiger partial charge in [0.05, 0.1) is 16.6 Å². The maximum Gasteiger partial charge on any atom is 0.288 e. The van der Waals surface area contributed by atoms with Crippen LogP contribution in [0.5, 0.6) is 0 Å². The molecule has 1 saturated heterocycles. The molecule has 2 unspecified atom stereocenters. The zero-order chi connectivity index (χ0) is 17.9. The molecule has 1 aliphatic rings. The molecule has 132 valence electrons. The highest BCUT2D eigenvalue weighted by Gasteiger charge is 2.35. The second-order valence-electron chi connectivity index (χ2n) is 7.15. The maximum absolute atomic E-state index is 11.6. The summed E-state index contributed by atoms with van der Waals surface area (Å²) in [5.41, 5.74) is 5.09. The van der Waals surface area contributed by atoms with E-state index >= 15 is 0 Å². The molecule has 1 aromatic heterocycles. The summed E-state index contributed by atoms with van der Waals surface area (Å²) >= 11 is 0. The van der Waals surface area contributed by atoms with Gasteiger partial charge < -0.3 is 15.8 Å². The lowest BCUT2D eigenvalue weighted by Crippen LogP contribution is -2.42. The molecule has 0 aromatic carbocycles. The van der Waals surface area contributed by atoms with E-state index in [9.17, 15) is 14.9 Å². The minimum atomic E-state index is -0.749. The third-order valence-corrected chi connectivity index (χ3v) is 4.18. The van der Waals surface area contributed by atoms with Gasteiger partial charge in [0, 0.05) is 25.1 Å². The molecule has 8 heteroatoms. The Labute approximate surface area is 140 Å². The second-order valence-corrected chi connectivity index (χ2v) is 7.15. The number of aromatic nitrogens is 1. The highest BCUT2D eigenvalue weighted by Crippen LogP contribution is 2.34. The fraction of sp³-hybridized carbons (Fsp3) is 0.625. The van der Waals surface area contributed by atoms with Crippen molar-refractivity contribution in [2.45, 2.75) is 39.7 Å². The van der Waals surface area contributed by atoms with E-state index < -0.39 is 10.8 Å². The van der Waals surface area contributed by atoms with Crippen LogP contribution >= 0.6 is 0 Å². The van der Waals surface area contributed by atoms with Gasteiger partial charge >= 0.3 is 0 Å². The Kier molecular flexibility index (Phi) is 5.38. The third-order valence-electron chi connectivity index (χ3n) is 4.18. The fourth-order valence-corrected chi connectivity index (χ4v) is 3.12. The summed E-state index contributed by atoms with van der Waals surface area (Å²) in [7, 11) is 0. The number of carbonyl (C=O) groups excluding carboxylic acids is 1. The summed E-state index contributed by atoms with van der Waals surface area (Å²) in [6.07, 6.45) is 3.20. The lowest BCUT2D eigenvalue weighted by Gasteiger charge is -2.40. The van der Waals surface area contributed by atoms with Gasteiger partial charge in [0.1, 0.15) is 12.0 Å². The van der Waals surface area contributed by atoms with Crippen LogP contribution in [-0.4, -0.2) is 35.1 Å². The van der Waals surface area contributed by atoms with Crippen LogP contribution < -0.4 is 11.1 Å². The molecular formula is C16H24N4O4. The molecule has 0 bridgehead atoms. The molecule has 0 saturated carbocycles. The van der Waals surface area contributed by atoms with E-state index in [-0.39, 0.29) is 34.5 Å². The Morgan fingerprint density at radius 1 is 1.54 bits per heavy atom. The smallest absolute Gasteiger partial charge is 0.288 e. The van der Waals surface area contributed by atoms with Crippen LogP contribution in [0.3, 0.4) is 0 Å². The third kappa shape index (κ3) is 4.19. The van der Waals surface area contributed by atoms with E-state index in [0.29, 0.717) is 6.54 Å². The molecule has 1 fully saturated rings. The number of rotatable bonds is 5. The molecule has 8 nitrogen and oxygen atoms in total. The molecular weight excluding hydrogens is 312 g/mol. The molecule has 2 heterocycles. The van der Waals surface area contributed by atoms with Crippen molar-refractivity contribution in [3.8, 4) is 0 Å². The van der Waals surface area contributed by atoms with E-state index in [0.717, 1.165) is 31.7 Å². The van der Waals surface area contributed by atoms with Gasteiger partial charge in [-0.15, -0.1) is 0 Å². The van der Waals surface area contributed by atoms with Gasteiger partial charge in [-0.1, -0.05) is 20.8 Å². The average molecular weight is 336 g/mol. The van der Waals surface area contributed by atoms with Crippen LogP contribution in [0.1, 0.15) is 44.0 Å². The number of anilines is 1. The number of amides is 1. The Morgan fingerprint density at radius 2 is 2.25 bits per heavy atom. The lowest BCUT2D eigenvalue weighted by molar-refractivity contribution is -0.385. The predicted octanol–water partition coefficient (Wildman–Crippen LogP) is 2.34. The lowest BCUT2D eigenvalue weighted by atomic mass is 9.78. The number of primary amides is 1. The van der Waals surface area contributed by atoms with E-state index in [1.807, 2.05) is 0 Å². The summed E-state index contributed by atoms with van der Waals surface area (Å²) in [6.45, 7) is 7.71. The number of ether oxygens (including phenoxy) is 1. The number of pyridine rings is 1. The van der Waals surface area contributed by atoms with Gasteiger partial charge in [0.25, 0.3) is 11.6 Å². The molecule has 2 atom stereocenters. The van der Waals surface area contributed by atoms with Gasteiger partial charge in [0.2, 0.25) is 0 Å². The summed E-state index contributed by atoms with van der Waals surface area (Å²) < 4.78 is 5.93. The minimum Gasteiger partial charge on any atom is -0.377 e. The molecule has 1 amide bonds. The number of nitrogens with two attached hydrogens (primary N) is 1. The predicted molar refractivity (Wildman–Crippen MR) is 89.8 cm³/mol. The van der Waals surface area contributed by atoms with Crippen LogP contribution in [0.15, 0.2) is 12.3 Å². The number of nitrogens with one attached hydrogen (secondary N) is 1. The SMILES string of the molecule is CC(C)(C)C1OCCCC1CNc1ncc([N+](=O)[O-])cc1C(N)=O. The Morgan fingerprint density at radius 3 is 2.83 bits per heavy atom. The first kappa shape index (κ1) is 18.1. The minimum absolute atomic E-state index is 0.00217. The largest absolute Gasteiger partial charge is 0.377 e. The normalized spacial score (nSPS) is 21.3. The van der Waals surface area contributed by atoms with Crippen LogP contribution in [0, 0.1) is 21.4 Å². The van der Waals surface area contributed by atoms with E-state index in [4.69, 9.17) is 10.5 Å². The van der Waals surface area contributed by atoms with Crippen LogP contribution in [0.2, 0.25) is 0 Å². The average Bonchev–Trinajstić information content (AvgIpc) is 2.52. The van der Waals surface area contributed by atoms with Gasteiger partial charge in [-0.2, -0.15) is 0 Å². The van der Waals surface area contributed by atoms with E-state index in [1.165, 1.54) is 0 Å². The quantitative estimate of drug-likeness (QED) is 0.629. The molecule has 1 aromatic rings. The Bertz CT molecular complexity index is 627. The highest BCUT2D eigenvalue weighted by atomic mass is 16.6. The number of carbonyl (C=O) groups is 1. The van der Waals surface area contributed by atoms with Crippen molar-refractivity contribution in [2.75, 3.05) is 18.5 Å². The number of nitrogens with zero attached hydrogens (tertiary/aromatic N) is 2. The maximum atomic E-state index is 11.6. The van der Waals surface area contributed by atoms with Crippen molar-refractivity contribution in [1.29, 1.82) is 0 Å². The first-order valence-corrected chi connectivity index (χ1v) is 8.00. The summed E-state index contributed by atoms with van der Waals surface area (Å²) in [5, 5.41) is 13.9. The molecule has 0 spiro atoms. The number of hydrogen-bond donors (Lipinski definition) is 2. The van der Waals surface area contributed by atoms with Crippen molar-refractivity contribution < 1.29 is 14.5 Å². The van der Waals surface area contributed by atoms with E-state index in [2.05, 4.69) is 31.1 Å². The monoisotopic (exact) mass is 336 g/mol. The summed E-state index contributed by atoms with van der Waals surface area (Å²) in [6, 6.07) is 1.15. The van der Waals surface area contributed by atoms with Crippen molar-refractivity contribution in [3.63, 3.8) is 0 Å². The first-order valence-electron chi connectivity index (χ1n) is 8.00. The number of nitro groups is 1. The Hall–Kier alpha value is -2.22. The van der Waals surface area contributed by atoms with Gasteiger partial charge in [-0.3, -0.25) is 14.9 Å². The van der Waals surface area contributed by atoms with Gasteiger partial charge in [0.15, 0.2) is 0 Å². The first-order chi connectivity index (χ1) is 11.2. The molecule has 2 rings (SSSR count). The fourth-order valence-electron chi connectivity index (χ4n) is 3.12. The topological polar surface area (TPSA) is 120 Å². The molecule has 0 radical (unpaired) electrons. The summed E-state index contributed by atoms with van der Waals surface area (Å²) in [5.74, 6) is -0.219. The van der Waals surface area contributed by atoms with Crippen LogP contribution in [0.25, 0.3) is 0 Å². The van der Waals surface area contributed by atoms with Crippen molar-refractivity contribution >= 4 is 17.4 Å². The van der Waals surface area contributed by atoms with Gasteiger partial charge in [-0.05, 0) is 18.3 Å². The number of hydrogen-bond acceptors (Lipinski definition) is 6. The second kappa shape index (κ2) is 7.12. The van der Waals surface area contributed by atoms with Crippen molar-refractivity contribution in [3.05, 3.63) is 27.9 Å². The zero-order valence-electron chi connectivity index (χ0n) is 14.2. The molecule has 0 aliphatic carbocycles. The summed E-state index contributed by atoms with van der Waals surface area (Å²) in [4.78, 5) is 25.8. The molecule has 3 N–H and O–H groups in total.